The molecule has 0 atom stereocenters. The molecule has 0 fully saturated rings. The predicted molar refractivity (Wildman–Crippen MR) is 100 cm³/mol. The summed E-state index contributed by atoms with van der Waals surface area (Å²) in [7, 11) is 1.50. The molecule has 0 saturated carbocycles. The summed E-state index contributed by atoms with van der Waals surface area (Å²) >= 11 is 5.93. The van der Waals surface area contributed by atoms with Gasteiger partial charge in [0, 0.05) is 5.02 Å². The summed E-state index contributed by atoms with van der Waals surface area (Å²) in [6.45, 7) is 4.35. The van der Waals surface area contributed by atoms with Gasteiger partial charge in [0.1, 0.15) is 12.4 Å². The maximum Gasteiger partial charge on any atom is 0.122 e. The molecule has 5 heteroatoms. The third-order valence-electron chi connectivity index (χ3n) is 3.07. The van der Waals surface area contributed by atoms with E-state index in [1.807, 2.05) is 56.3 Å². The zero-order valence-electron chi connectivity index (χ0n) is 13.1. The standard InChI is InChI=1S/C16H17ClN2O.CH5N.CH4/c1-11-8-15(17)6-7-16(11)20-10-13-4-3-5-14(9-13)12(2)19-18;1-2;/h3-9H,10,18H2,1-2H3;2H2,1H3;1H4/b19-12+;;. The summed E-state index contributed by atoms with van der Waals surface area (Å²) in [4.78, 5) is 0. The Hall–Kier alpha value is -2.04. The number of hydrogen-bond acceptors (Lipinski definition) is 4. The first-order chi connectivity index (χ1) is 10.6. The van der Waals surface area contributed by atoms with Crippen LogP contribution in [0.1, 0.15) is 31.0 Å². The molecule has 2 aromatic rings. The number of hydrazone groups is 1. The minimum atomic E-state index is 0. The van der Waals surface area contributed by atoms with Gasteiger partial charge in [0.05, 0.1) is 5.71 Å². The molecule has 4 nitrogen and oxygen atoms in total. The summed E-state index contributed by atoms with van der Waals surface area (Å²) in [6.07, 6.45) is 0. The van der Waals surface area contributed by atoms with Crippen LogP contribution >= 0.6 is 11.6 Å². The first kappa shape index (κ1) is 21.0. The van der Waals surface area contributed by atoms with Gasteiger partial charge in [-0.25, -0.2) is 0 Å². The Morgan fingerprint density at radius 3 is 2.48 bits per heavy atom. The molecule has 23 heavy (non-hydrogen) atoms. The van der Waals surface area contributed by atoms with Crippen molar-refractivity contribution in [2.45, 2.75) is 27.9 Å². The number of rotatable bonds is 4. The van der Waals surface area contributed by atoms with Crippen molar-refractivity contribution < 1.29 is 4.74 Å². The quantitative estimate of drug-likeness (QED) is 0.501. The van der Waals surface area contributed by atoms with Gasteiger partial charge in [-0.1, -0.05) is 37.2 Å². The van der Waals surface area contributed by atoms with E-state index in [0.29, 0.717) is 11.6 Å². The lowest BCUT2D eigenvalue weighted by Crippen LogP contribution is -2.02. The van der Waals surface area contributed by atoms with Crippen LogP contribution in [-0.2, 0) is 6.61 Å². The predicted octanol–water partition coefficient (Wildman–Crippen LogP) is 4.12. The number of hydrogen-bond donors (Lipinski definition) is 2. The molecule has 2 rings (SSSR count). The van der Waals surface area contributed by atoms with Crippen LogP contribution in [0.5, 0.6) is 5.75 Å². The molecule has 126 valence electrons. The summed E-state index contributed by atoms with van der Waals surface area (Å²) < 4.78 is 5.82. The van der Waals surface area contributed by atoms with Crippen molar-refractivity contribution >= 4 is 17.3 Å². The van der Waals surface area contributed by atoms with Gasteiger partial charge in [0.15, 0.2) is 0 Å². The van der Waals surface area contributed by atoms with Crippen molar-refractivity contribution in [1.29, 1.82) is 0 Å². The van der Waals surface area contributed by atoms with E-state index in [4.69, 9.17) is 22.2 Å². The van der Waals surface area contributed by atoms with Gasteiger partial charge in [0.25, 0.3) is 0 Å². The Bertz CT molecular complexity index is 642. The molecule has 0 aliphatic heterocycles. The van der Waals surface area contributed by atoms with E-state index >= 15 is 0 Å². The molecular weight excluding hydrogens is 310 g/mol. The monoisotopic (exact) mass is 335 g/mol. The molecule has 0 spiro atoms. The molecule has 0 bridgehead atoms. The largest absolute Gasteiger partial charge is 0.489 e. The topological polar surface area (TPSA) is 73.6 Å². The van der Waals surface area contributed by atoms with E-state index in [1.165, 1.54) is 7.05 Å². The Morgan fingerprint density at radius 1 is 1.17 bits per heavy atom. The number of aryl methyl sites for hydroxylation is 1. The molecule has 0 unspecified atom stereocenters. The molecule has 0 radical (unpaired) electrons. The van der Waals surface area contributed by atoms with Crippen molar-refractivity contribution in [3.8, 4) is 5.75 Å². The minimum absolute atomic E-state index is 0. The van der Waals surface area contributed by atoms with E-state index in [-0.39, 0.29) is 7.43 Å². The first-order valence-electron chi connectivity index (χ1n) is 6.90. The Kier molecular flexibility index (Phi) is 9.70. The maximum absolute atomic E-state index is 5.93. The Morgan fingerprint density at radius 2 is 1.87 bits per heavy atom. The second-order valence-electron chi connectivity index (χ2n) is 4.61. The third-order valence-corrected chi connectivity index (χ3v) is 3.30. The fourth-order valence-electron chi connectivity index (χ4n) is 1.90. The smallest absolute Gasteiger partial charge is 0.122 e. The molecule has 0 saturated heterocycles. The highest BCUT2D eigenvalue weighted by molar-refractivity contribution is 6.30. The highest BCUT2D eigenvalue weighted by Crippen LogP contribution is 2.22. The molecule has 0 aliphatic carbocycles. The van der Waals surface area contributed by atoms with Crippen molar-refractivity contribution in [3.63, 3.8) is 0 Å². The molecule has 0 aliphatic rings. The molecule has 0 aromatic heterocycles. The number of halogens is 1. The van der Waals surface area contributed by atoms with Gasteiger partial charge < -0.3 is 16.3 Å². The fourth-order valence-corrected chi connectivity index (χ4v) is 2.12. The van der Waals surface area contributed by atoms with Crippen LogP contribution in [0.3, 0.4) is 0 Å². The molecular formula is C18H26ClN3O. The molecule has 4 N–H and O–H groups in total. The van der Waals surface area contributed by atoms with Gasteiger partial charge >= 0.3 is 0 Å². The molecule has 2 aromatic carbocycles. The first-order valence-corrected chi connectivity index (χ1v) is 7.28. The normalized spacial score (nSPS) is 10.2. The lowest BCUT2D eigenvalue weighted by molar-refractivity contribution is 0.304. The van der Waals surface area contributed by atoms with Crippen LogP contribution in [0, 0.1) is 6.92 Å². The van der Waals surface area contributed by atoms with Gasteiger partial charge in [-0.3, -0.25) is 0 Å². The average Bonchev–Trinajstić information content (AvgIpc) is 2.55. The fraction of sp³-hybridized carbons (Fsp3) is 0.278. The van der Waals surface area contributed by atoms with Crippen LogP contribution in [0.2, 0.25) is 5.02 Å². The van der Waals surface area contributed by atoms with Crippen LogP contribution < -0.4 is 16.3 Å². The van der Waals surface area contributed by atoms with Gasteiger partial charge in [-0.2, -0.15) is 5.10 Å². The summed E-state index contributed by atoms with van der Waals surface area (Å²) in [6, 6.07) is 13.6. The van der Waals surface area contributed by atoms with Crippen molar-refractivity contribution in [2.24, 2.45) is 16.7 Å². The second-order valence-corrected chi connectivity index (χ2v) is 5.05. The van der Waals surface area contributed by atoms with Crippen molar-refractivity contribution in [1.82, 2.24) is 0 Å². The number of nitrogens with zero attached hydrogens (tertiary/aromatic N) is 1. The van der Waals surface area contributed by atoms with Crippen molar-refractivity contribution in [3.05, 3.63) is 64.2 Å². The third kappa shape index (κ3) is 6.30. The van der Waals surface area contributed by atoms with E-state index in [0.717, 1.165) is 28.2 Å². The van der Waals surface area contributed by atoms with Crippen molar-refractivity contribution in [2.75, 3.05) is 7.05 Å². The number of benzene rings is 2. The van der Waals surface area contributed by atoms with E-state index in [2.05, 4.69) is 10.8 Å². The van der Waals surface area contributed by atoms with Crippen LogP contribution in [0.4, 0.5) is 0 Å². The summed E-state index contributed by atoms with van der Waals surface area (Å²) in [5.74, 6) is 6.13. The minimum Gasteiger partial charge on any atom is -0.489 e. The highest BCUT2D eigenvalue weighted by atomic mass is 35.5. The van der Waals surface area contributed by atoms with Crippen LogP contribution in [-0.4, -0.2) is 12.8 Å². The summed E-state index contributed by atoms with van der Waals surface area (Å²) in [5.41, 5.74) is 8.39. The maximum atomic E-state index is 5.93. The van der Waals surface area contributed by atoms with Crippen LogP contribution in [0.15, 0.2) is 47.6 Å². The SMILES string of the molecule is C.C/C(=N\N)c1cccc(COc2ccc(Cl)cc2C)c1.CN. The zero-order chi connectivity index (χ0) is 16.5. The second kappa shape index (κ2) is 10.6. The lowest BCUT2D eigenvalue weighted by atomic mass is 10.1. The zero-order valence-corrected chi connectivity index (χ0v) is 13.9. The molecule has 0 heterocycles. The van der Waals surface area contributed by atoms with Gasteiger partial charge in [-0.15, -0.1) is 0 Å². The van der Waals surface area contributed by atoms with Crippen LogP contribution in [0.25, 0.3) is 0 Å². The van der Waals surface area contributed by atoms with E-state index < -0.39 is 0 Å². The number of nitrogens with two attached hydrogens (primary N) is 2. The van der Waals surface area contributed by atoms with Gasteiger partial charge in [-0.05, 0) is 61.9 Å². The summed E-state index contributed by atoms with van der Waals surface area (Å²) in [5, 5.41) is 4.42. The lowest BCUT2D eigenvalue weighted by Gasteiger charge is -2.10. The van der Waals surface area contributed by atoms with Gasteiger partial charge in [0.2, 0.25) is 0 Å². The van der Waals surface area contributed by atoms with E-state index in [1.54, 1.807) is 0 Å². The highest BCUT2D eigenvalue weighted by Gasteiger charge is 2.03. The Labute approximate surface area is 144 Å². The average molecular weight is 336 g/mol. The number of ether oxygens (including phenoxy) is 1. The molecule has 0 amide bonds. The Balaban J connectivity index is 0.00000155. The van der Waals surface area contributed by atoms with E-state index in [9.17, 15) is 0 Å².